The molecule has 0 saturated heterocycles. The van der Waals surface area contributed by atoms with E-state index in [4.69, 9.17) is 14.2 Å². The number of ether oxygens (including phenoxy) is 3. The molecule has 0 heterocycles. The molecule has 1 aromatic rings. The first kappa shape index (κ1) is 33.2. The number of aliphatic hydroxyl groups is 1. The van der Waals surface area contributed by atoms with E-state index in [2.05, 4.69) is 19.1 Å². The van der Waals surface area contributed by atoms with E-state index in [0.717, 1.165) is 32.1 Å². The Hall–Kier alpha value is -2.80. The number of rotatable bonds is 22. The Morgan fingerprint density at radius 3 is 2.13 bits per heavy atom. The Kier molecular flexibility index (Phi) is 19.4. The van der Waals surface area contributed by atoms with Crippen molar-refractivity contribution in [1.82, 2.24) is 0 Å². The highest BCUT2D eigenvalue weighted by Gasteiger charge is 2.11. The highest BCUT2D eigenvalue weighted by Crippen LogP contribution is 2.26. The van der Waals surface area contributed by atoms with Crippen molar-refractivity contribution in [3.63, 3.8) is 0 Å². The lowest BCUT2D eigenvalue weighted by atomic mass is 10.1. The maximum atomic E-state index is 11.9. The lowest BCUT2D eigenvalue weighted by molar-refractivity contribution is -0.150. The third-order valence-corrected chi connectivity index (χ3v) is 6.11. The molecule has 0 radical (unpaired) electrons. The van der Waals surface area contributed by atoms with Crippen molar-refractivity contribution in [1.29, 1.82) is 0 Å². The van der Waals surface area contributed by atoms with Crippen LogP contribution >= 0.6 is 0 Å². The van der Waals surface area contributed by atoms with Gasteiger partial charge in [-0.1, -0.05) is 76.5 Å². The molecule has 2 N–H and O–H groups in total. The predicted molar refractivity (Wildman–Crippen MR) is 151 cm³/mol. The quantitative estimate of drug-likeness (QED) is 0.0725. The van der Waals surface area contributed by atoms with Crippen molar-refractivity contribution in [3.05, 3.63) is 42.0 Å². The topological polar surface area (TPSA) is 102 Å². The average Bonchev–Trinajstić information content (AvgIpc) is 2.92. The zero-order chi connectivity index (χ0) is 27.8. The van der Waals surface area contributed by atoms with Crippen molar-refractivity contribution >= 4 is 18.0 Å². The van der Waals surface area contributed by atoms with Crippen LogP contribution in [0.2, 0.25) is 0 Å². The molecular weight excluding hydrogens is 484 g/mol. The molecule has 0 fully saturated rings. The highest BCUT2D eigenvalue weighted by molar-refractivity contribution is 5.87. The summed E-state index contributed by atoms with van der Waals surface area (Å²) < 4.78 is 15.1. The number of allylic oxidation sites excluding steroid dienone is 2. The number of hydrogen-bond acceptors (Lipinski definition) is 7. The zero-order valence-electron chi connectivity index (χ0n) is 23.4. The van der Waals surface area contributed by atoms with Crippen molar-refractivity contribution in [2.75, 3.05) is 20.3 Å². The fourth-order valence-corrected chi connectivity index (χ4v) is 3.84. The van der Waals surface area contributed by atoms with Crippen LogP contribution in [-0.2, 0) is 19.1 Å². The van der Waals surface area contributed by atoms with Gasteiger partial charge in [-0.2, -0.15) is 0 Å². The largest absolute Gasteiger partial charge is 0.504 e. The van der Waals surface area contributed by atoms with E-state index < -0.39 is 12.1 Å². The minimum absolute atomic E-state index is 0.00198. The predicted octanol–water partition coefficient (Wildman–Crippen LogP) is 6.90. The van der Waals surface area contributed by atoms with E-state index in [1.54, 1.807) is 12.1 Å². The fourth-order valence-electron chi connectivity index (χ4n) is 3.84. The first-order chi connectivity index (χ1) is 18.5. The first-order valence-electron chi connectivity index (χ1n) is 14.2. The van der Waals surface area contributed by atoms with Crippen molar-refractivity contribution in [3.8, 4) is 11.5 Å². The van der Waals surface area contributed by atoms with Crippen molar-refractivity contribution < 1.29 is 34.0 Å². The third-order valence-electron chi connectivity index (χ3n) is 6.11. The number of aliphatic hydroxyl groups excluding tert-OH is 1. The lowest BCUT2D eigenvalue weighted by Gasteiger charge is -2.11. The summed E-state index contributed by atoms with van der Waals surface area (Å²) >= 11 is 0. The lowest BCUT2D eigenvalue weighted by Crippen LogP contribution is -2.24. The molecule has 0 aliphatic heterocycles. The second kappa shape index (κ2) is 22.2. The zero-order valence-corrected chi connectivity index (χ0v) is 23.4. The summed E-state index contributed by atoms with van der Waals surface area (Å²) in [6.07, 6.45) is 22.1. The van der Waals surface area contributed by atoms with Crippen LogP contribution in [0.4, 0.5) is 0 Å². The third kappa shape index (κ3) is 17.6. The minimum Gasteiger partial charge on any atom is -0.504 e. The summed E-state index contributed by atoms with van der Waals surface area (Å²) in [6, 6.07) is 4.65. The monoisotopic (exact) mass is 532 g/mol. The normalized spacial score (nSPS) is 12.2. The average molecular weight is 533 g/mol. The van der Waals surface area contributed by atoms with E-state index in [1.165, 1.54) is 76.7 Å². The minimum atomic E-state index is -1.08. The van der Waals surface area contributed by atoms with E-state index >= 15 is 0 Å². The molecule has 0 spiro atoms. The van der Waals surface area contributed by atoms with Gasteiger partial charge in [0, 0.05) is 12.5 Å². The second-order valence-electron chi connectivity index (χ2n) is 9.57. The number of carbonyl (C=O) groups is 2. The Labute approximate surface area is 228 Å². The number of aromatic hydroxyl groups is 1. The van der Waals surface area contributed by atoms with E-state index in [0.29, 0.717) is 17.7 Å². The van der Waals surface area contributed by atoms with Crippen LogP contribution in [-0.4, -0.2) is 48.6 Å². The second-order valence-corrected chi connectivity index (χ2v) is 9.57. The van der Waals surface area contributed by atoms with Gasteiger partial charge in [-0.05, 0) is 55.9 Å². The molecule has 214 valence electrons. The Bertz CT molecular complexity index is 832. The molecule has 1 rings (SSSR count). The van der Waals surface area contributed by atoms with Gasteiger partial charge in [0.05, 0.1) is 7.11 Å². The summed E-state index contributed by atoms with van der Waals surface area (Å²) in [4.78, 5) is 23.7. The van der Waals surface area contributed by atoms with Crippen LogP contribution in [0.5, 0.6) is 11.5 Å². The molecule has 0 saturated carbocycles. The molecule has 0 aromatic heterocycles. The molecule has 7 nitrogen and oxygen atoms in total. The number of benzene rings is 1. The van der Waals surface area contributed by atoms with Crippen LogP contribution in [0, 0.1) is 0 Å². The van der Waals surface area contributed by atoms with Crippen LogP contribution in [0.1, 0.15) is 102 Å². The van der Waals surface area contributed by atoms with Gasteiger partial charge in [-0.3, -0.25) is 4.79 Å². The number of hydrogen-bond donors (Lipinski definition) is 2. The van der Waals surface area contributed by atoms with Gasteiger partial charge in [-0.15, -0.1) is 0 Å². The standard InChI is InChI=1S/C31H48O7/c1-3-4-5-6-7-8-9-10-11-12-13-14-15-16-17-18-30(34)37-24-27(32)25-38-31(35)22-20-26-19-21-28(33)29(23-26)36-2/h10-11,19-23,27,32-33H,3-9,12-18,24-25H2,1-2H3/t27-/m0/s1. The summed E-state index contributed by atoms with van der Waals surface area (Å²) in [5.41, 5.74) is 0.640. The van der Waals surface area contributed by atoms with Crippen molar-refractivity contribution in [2.45, 2.75) is 103 Å². The van der Waals surface area contributed by atoms with Gasteiger partial charge in [0.1, 0.15) is 19.3 Å². The summed E-state index contributed by atoms with van der Waals surface area (Å²) in [6.45, 7) is 1.76. The smallest absolute Gasteiger partial charge is 0.330 e. The maximum absolute atomic E-state index is 11.9. The van der Waals surface area contributed by atoms with Crippen LogP contribution in [0.15, 0.2) is 36.4 Å². The van der Waals surface area contributed by atoms with Crippen LogP contribution in [0.25, 0.3) is 6.08 Å². The first-order valence-corrected chi connectivity index (χ1v) is 14.2. The number of phenolic OH excluding ortho intramolecular Hbond substituents is 1. The van der Waals surface area contributed by atoms with Gasteiger partial charge in [0.2, 0.25) is 0 Å². The SMILES string of the molecule is CCCCCCCCC=CCCCCCCCC(=O)OC[C@H](O)COC(=O)C=Cc1ccc(O)c(OC)c1. The number of carbonyl (C=O) groups excluding carboxylic acids is 2. The van der Waals surface area contributed by atoms with E-state index in [9.17, 15) is 19.8 Å². The number of unbranched alkanes of at least 4 members (excludes halogenated alkanes) is 11. The van der Waals surface area contributed by atoms with E-state index in [1.807, 2.05) is 0 Å². The maximum Gasteiger partial charge on any atom is 0.330 e. The number of esters is 2. The molecule has 38 heavy (non-hydrogen) atoms. The molecule has 0 aliphatic carbocycles. The Morgan fingerprint density at radius 1 is 0.868 bits per heavy atom. The van der Waals surface area contributed by atoms with Gasteiger partial charge < -0.3 is 24.4 Å². The molecule has 0 bridgehead atoms. The Morgan fingerprint density at radius 2 is 1.47 bits per heavy atom. The molecule has 7 heteroatoms. The van der Waals surface area contributed by atoms with Gasteiger partial charge in [0.25, 0.3) is 0 Å². The van der Waals surface area contributed by atoms with Crippen LogP contribution in [0.3, 0.4) is 0 Å². The fraction of sp³-hybridized carbons (Fsp3) is 0.613. The van der Waals surface area contributed by atoms with E-state index in [-0.39, 0.29) is 24.9 Å². The van der Waals surface area contributed by atoms with Gasteiger partial charge in [0.15, 0.2) is 11.5 Å². The molecule has 0 aliphatic rings. The Balaban J connectivity index is 2.00. The molecule has 0 amide bonds. The summed E-state index contributed by atoms with van der Waals surface area (Å²) in [5, 5.41) is 19.5. The molecule has 1 aromatic carbocycles. The molecular formula is C31H48O7. The number of phenols is 1. The highest BCUT2D eigenvalue weighted by atomic mass is 16.6. The molecule has 0 unspecified atom stereocenters. The molecule has 1 atom stereocenters. The van der Waals surface area contributed by atoms with Gasteiger partial charge in [-0.25, -0.2) is 4.79 Å². The number of methoxy groups -OCH3 is 1. The van der Waals surface area contributed by atoms with Gasteiger partial charge >= 0.3 is 11.9 Å². The summed E-state index contributed by atoms with van der Waals surface area (Å²) in [7, 11) is 1.43. The van der Waals surface area contributed by atoms with Crippen LogP contribution < -0.4 is 4.74 Å². The van der Waals surface area contributed by atoms with Crippen molar-refractivity contribution in [2.24, 2.45) is 0 Å². The summed E-state index contributed by atoms with van der Waals surface area (Å²) in [5.74, 6) is -0.702.